The Morgan fingerprint density at radius 1 is 1.07 bits per heavy atom. The summed E-state index contributed by atoms with van der Waals surface area (Å²) >= 11 is 6.16. The van der Waals surface area contributed by atoms with Gasteiger partial charge in [0.1, 0.15) is 0 Å². The Bertz CT molecular complexity index is 858. The molecule has 1 aliphatic heterocycles. The summed E-state index contributed by atoms with van der Waals surface area (Å²) in [5, 5.41) is 40.1. The molecule has 3 atom stereocenters. The Morgan fingerprint density at radius 3 is 2.28 bits per heavy atom. The molecule has 6 N–H and O–H groups in total. The van der Waals surface area contributed by atoms with E-state index in [9.17, 15) is 9.59 Å². The molecule has 0 fully saturated rings. The Morgan fingerprint density at radius 2 is 1.69 bits per heavy atom. The number of hydrogen-bond donors (Lipinski definition) is 6. The summed E-state index contributed by atoms with van der Waals surface area (Å²) in [4.78, 5) is 19.5. The molecule has 3 rings (SSSR count). The first kappa shape index (κ1) is 22.6. The lowest BCUT2D eigenvalue weighted by molar-refractivity contribution is -0.165. The molecule has 0 aromatic heterocycles. The zero-order valence-electron chi connectivity index (χ0n) is 15.7. The minimum Gasteiger partial charge on any atom is -0.479 e. The van der Waals surface area contributed by atoms with Gasteiger partial charge in [0.25, 0.3) is 0 Å². The highest BCUT2D eigenvalue weighted by Crippen LogP contribution is 2.34. The van der Waals surface area contributed by atoms with Crippen LogP contribution in [0.1, 0.15) is 22.7 Å². The van der Waals surface area contributed by atoms with Crippen LogP contribution in [0.15, 0.2) is 42.5 Å². The summed E-state index contributed by atoms with van der Waals surface area (Å²) in [5.41, 5.74) is 5.11. The van der Waals surface area contributed by atoms with Crippen molar-refractivity contribution >= 4 is 29.2 Å². The average molecular weight is 423 g/mol. The Balaban J connectivity index is 0.000000257. The van der Waals surface area contributed by atoms with Gasteiger partial charge in [0, 0.05) is 24.3 Å². The summed E-state index contributed by atoms with van der Waals surface area (Å²) in [6, 6.07) is 14.8. The first-order valence-corrected chi connectivity index (χ1v) is 9.24. The third-order valence-electron chi connectivity index (χ3n) is 4.51. The minimum absolute atomic E-state index is 0.214. The molecule has 9 heteroatoms. The summed E-state index contributed by atoms with van der Waals surface area (Å²) in [6.45, 7) is 0.997. The van der Waals surface area contributed by atoms with E-state index in [4.69, 9.17) is 32.0 Å². The number of aliphatic hydroxyl groups excluding tert-OH is 2. The average Bonchev–Trinajstić information content (AvgIpc) is 2.72. The van der Waals surface area contributed by atoms with Crippen LogP contribution < -0.4 is 10.6 Å². The van der Waals surface area contributed by atoms with Crippen LogP contribution in [0.2, 0.25) is 5.02 Å². The topological polar surface area (TPSA) is 139 Å². The highest BCUT2D eigenvalue weighted by atomic mass is 35.5. The van der Waals surface area contributed by atoms with Crippen molar-refractivity contribution in [2.45, 2.75) is 24.7 Å². The van der Waals surface area contributed by atoms with Gasteiger partial charge in [-0.1, -0.05) is 35.9 Å². The van der Waals surface area contributed by atoms with Crippen LogP contribution in [0.5, 0.6) is 0 Å². The maximum atomic E-state index is 9.77. The molecule has 0 amide bonds. The number of carboxylic acid groups (broad SMARTS) is 2. The van der Waals surface area contributed by atoms with E-state index < -0.39 is 24.1 Å². The molecule has 2 aromatic carbocycles. The number of aliphatic carboxylic acids is 2. The molecule has 0 saturated heterocycles. The zero-order valence-corrected chi connectivity index (χ0v) is 16.4. The smallest absolute Gasteiger partial charge is 0.335 e. The highest BCUT2D eigenvalue weighted by molar-refractivity contribution is 6.30. The number of hydrogen-bond acceptors (Lipinski definition) is 6. The van der Waals surface area contributed by atoms with Crippen LogP contribution in [0.25, 0.3) is 0 Å². The number of fused-ring (bicyclic) bond motifs is 1. The zero-order chi connectivity index (χ0) is 21.6. The Labute approximate surface area is 172 Å². The van der Waals surface area contributed by atoms with Crippen LogP contribution in [0.3, 0.4) is 0 Å². The third kappa shape index (κ3) is 5.68. The minimum atomic E-state index is -2.27. The monoisotopic (exact) mass is 422 g/mol. The predicted octanol–water partition coefficient (Wildman–Crippen LogP) is 1.49. The van der Waals surface area contributed by atoms with Gasteiger partial charge in [0.15, 0.2) is 12.2 Å². The molecule has 0 saturated carbocycles. The lowest BCUT2D eigenvalue weighted by atomic mass is 9.89. The number of benzene rings is 2. The molecule has 0 radical (unpaired) electrons. The van der Waals surface area contributed by atoms with Crippen molar-refractivity contribution in [3.05, 3.63) is 64.2 Å². The molecular weight excluding hydrogens is 400 g/mol. The van der Waals surface area contributed by atoms with E-state index in [0.717, 1.165) is 23.7 Å². The highest BCUT2D eigenvalue weighted by Gasteiger charge is 2.29. The molecule has 1 aliphatic rings. The standard InChI is InChI=1S/C16H17ClN2.C4H6O6/c1-18-15-7-6-12(17)10-14(15)16-13-5-3-2-4-11(13)8-9-19-16;5-1(3(7)8)2(6)4(9)10/h2-7,10,16,18-19H,8-9H2,1H3;1-2,5-6H,(H,7,8)(H,9,10)/t;1-,2-/m.1/s1. The molecule has 156 valence electrons. The van der Waals surface area contributed by atoms with Gasteiger partial charge in [-0.25, -0.2) is 9.59 Å². The second kappa shape index (κ2) is 10.2. The van der Waals surface area contributed by atoms with Crippen molar-refractivity contribution < 1.29 is 30.0 Å². The lowest BCUT2D eigenvalue weighted by Crippen LogP contribution is -2.39. The number of carbonyl (C=O) groups is 2. The number of halogens is 1. The molecule has 8 nitrogen and oxygen atoms in total. The van der Waals surface area contributed by atoms with Crippen molar-refractivity contribution in [3.63, 3.8) is 0 Å². The van der Waals surface area contributed by atoms with Crippen molar-refractivity contribution in [3.8, 4) is 0 Å². The second-order valence-corrected chi connectivity index (χ2v) is 6.82. The Kier molecular flexibility index (Phi) is 7.98. The quantitative estimate of drug-likeness (QED) is 0.426. The van der Waals surface area contributed by atoms with E-state index >= 15 is 0 Å². The lowest BCUT2D eigenvalue weighted by Gasteiger charge is -2.29. The maximum absolute atomic E-state index is 9.77. The van der Waals surface area contributed by atoms with Crippen LogP contribution in [-0.2, 0) is 16.0 Å². The second-order valence-electron chi connectivity index (χ2n) is 6.38. The van der Waals surface area contributed by atoms with Crippen LogP contribution in [0, 0.1) is 0 Å². The van der Waals surface area contributed by atoms with E-state index in [1.54, 1.807) is 0 Å². The molecule has 2 aromatic rings. The normalized spacial score (nSPS) is 17.2. The summed E-state index contributed by atoms with van der Waals surface area (Å²) in [6.07, 6.45) is -3.45. The SMILES string of the molecule is CNc1ccc(Cl)cc1C1NCCc2ccccc21.O=C(O)[C@H](O)[C@@H](O)C(=O)O. The molecular formula is C20H23ClN2O6. The van der Waals surface area contributed by atoms with Gasteiger partial charge in [-0.15, -0.1) is 0 Å². The first-order valence-electron chi connectivity index (χ1n) is 8.86. The van der Waals surface area contributed by atoms with Crippen molar-refractivity contribution in [2.24, 2.45) is 0 Å². The third-order valence-corrected chi connectivity index (χ3v) is 4.74. The van der Waals surface area contributed by atoms with Gasteiger partial charge < -0.3 is 31.1 Å². The van der Waals surface area contributed by atoms with Gasteiger partial charge in [0.2, 0.25) is 0 Å². The first-order chi connectivity index (χ1) is 13.8. The number of carboxylic acids is 2. The molecule has 0 bridgehead atoms. The predicted molar refractivity (Wildman–Crippen MR) is 108 cm³/mol. The summed E-state index contributed by atoms with van der Waals surface area (Å²) in [7, 11) is 1.95. The molecule has 1 unspecified atom stereocenters. The van der Waals surface area contributed by atoms with Gasteiger partial charge in [-0.3, -0.25) is 0 Å². The Hall–Kier alpha value is -2.65. The van der Waals surface area contributed by atoms with Gasteiger partial charge in [-0.05, 0) is 41.3 Å². The van der Waals surface area contributed by atoms with Gasteiger partial charge >= 0.3 is 11.9 Å². The largest absolute Gasteiger partial charge is 0.479 e. The van der Waals surface area contributed by atoms with E-state index in [1.165, 1.54) is 16.7 Å². The van der Waals surface area contributed by atoms with Crippen LogP contribution in [-0.4, -0.2) is 58.2 Å². The van der Waals surface area contributed by atoms with Gasteiger partial charge in [-0.2, -0.15) is 0 Å². The van der Waals surface area contributed by atoms with E-state index in [0.29, 0.717) is 0 Å². The van der Waals surface area contributed by atoms with E-state index in [1.807, 2.05) is 25.2 Å². The van der Waals surface area contributed by atoms with E-state index in [-0.39, 0.29) is 6.04 Å². The van der Waals surface area contributed by atoms with Crippen molar-refractivity contribution in [1.82, 2.24) is 5.32 Å². The fourth-order valence-electron chi connectivity index (χ4n) is 3.05. The molecule has 29 heavy (non-hydrogen) atoms. The number of nitrogens with one attached hydrogen (secondary N) is 2. The van der Waals surface area contributed by atoms with Gasteiger partial charge in [0.05, 0.1) is 6.04 Å². The number of aliphatic hydroxyl groups is 2. The molecule has 0 spiro atoms. The van der Waals surface area contributed by atoms with Crippen LogP contribution >= 0.6 is 11.6 Å². The summed E-state index contributed by atoms with van der Waals surface area (Å²) < 4.78 is 0. The number of anilines is 1. The van der Waals surface area contributed by atoms with Crippen LogP contribution in [0.4, 0.5) is 5.69 Å². The van der Waals surface area contributed by atoms with E-state index in [2.05, 4.69) is 34.9 Å². The maximum Gasteiger partial charge on any atom is 0.335 e. The summed E-state index contributed by atoms with van der Waals surface area (Å²) in [5.74, 6) is -3.54. The molecule has 0 aliphatic carbocycles. The number of rotatable bonds is 5. The fraction of sp³-hybridized carbons (Fsp3) is 0.300. The van der Waals surface area contributed by atoms with Crippen molar-refractivity contribution in [1.29, 1.82) is 0 Å². The molecule has 1 heterocycles. The van der Waals surface area contributed by atoms with Crippen molar-refractivity contribution in [2.75, 3.05) is 18.9 Å². The fourth-order valence-corrected chi connectivity index (χ4v) is 3.23.